The molecule has 2 N–H and O–H groups in total. The number of thioether (sulfide) groups is 1. The highest BCUT2D eigenvalue weighted by atomic mass is 32.2. The molecule has 0 atom stereocenters. The van der Waals surface area contributed by atoms with Gasteiger partial charge < -0.3 is 4.98 Å². The summed E-state index contributed by atoms with van der Waals surface area (Å²) in [6, 6.07) is 5.82. The maximum absolute atomic E-state index is 12.0. The third kappa shape index (κ3) is 3.24. The maximum Gasteiger partial charge on any atom is 0.269 e. The highest BCUT2D eigenvalue weighted by molar-refractivity contribution is 7.98. The van der Waals surface area contributed by atoms with Gasteiger partial charge in [0.1, 0.15) is 23.8 Å². The predicted octanol–water partition coefficient (Wildman–Crippen LogP) is 1.70. The summed E-state index contributed by atoms with van der Waals surface area (Å²) in [5.74, 6) is 1.20. The van der Waals surface area contributed by atoms with E-state index in [2.05, 4.69) is 25.1 Å². The molecule has 3 heterocycles. The number of hydrogen-bond acceptors (Lipinski definition) is 7. The first kappa shape index (κ1) is 14.5. The normalized spacial score (nSPS) is 10.5. The second-order valence-electron chi connectivity index (χ2n) is 4.28. The second-order valence-corrected chi connectivity index (χ2v) is 6.28. The summed E-state index contributed by atoms with van der Waals surface area (Å²) in [5, 5.41) is 18.1. The minimum absolute atomic E-state index is 0.0671. The van der Waals surface area contributed by atoms with Gasteiger partial charge in [-0.25, -0.2) is 9.97 Å². The highest BCUT2D eigenvalue weighted by Crippen LogP contribution is 2.19. The van der Waals surface area contributed by atoms with E-state index < -0.39 is 5.56 Å². The molecule has 0 spiro atoms. The molecular formula is C13H10N6OS2. The van der Waals surface area contributed by atoms with Gasteiger partial charge in [-0.15, -0.1) is 11.3 Å². The van der Waals surface area contributed by atoms with Crippen LogP contribution in [0.15, 0.2) is 33.8 Å². The van der Waals surface area contributed by atoms with Crippen LogP contribution in [-0.2, 0) is 12.2 Å². The van der Waals surface area contributed by atoms with E-state index >= 15 is 0 Å². The van der Waals surface area contributed by atoms with Gasteiger partial charge in [-0.05, 0) is 11.4 Å². The first-order valence-corrected chi connectivity index (χ1v) is 8.15. The lowest BCUT2D eigenvalue weighted by Gasteiger charge is -2.04. The Hall–Kier alpha value is -2.44. The van der Waals surface area contributed by atoms with Gasteiger partial charge in [-0.2, -0.15) is 10.4 Å². The van der Waals surface area contributed by atoms with Crippen molar-refractivity contribution in [2.75, 3.05) is 0 Å². The van der Waals surface area contributed by atoms with Crippen LogP contribution in [0.1, 0.15) is 22.0 Å². The molecule has 0 saturated heterocycles. The smallest absolute Gasteiger partial charge is 0.269 e. The van der Waals surface area contributed by atoms with E-state index in [0.29, 0.717) is 28.8 Å². The van der Waals surface area contributed by atoms with Crippen LogP contribution in [0.25, 0.3) is 0 Å². The van der Waals surface area contributed by atoms with Crippen molar-refractivity contribution in [3.05, 3.63) is 56.2 Å². The molecule has 22 heavy (non-hydrogen) atoms. The number of aromatic amines is 2. The van der Waals surface area contributed by atoms with Crippen molar-refractivity contribution >= 4 is 23.1 Å². The summed E-state index contributed by atoms with van der Waals surface area (Å²) in [6.45, 7) is 0. The molecule has 9 heteroatoms. The standard InChI is InChI=1S/C13H10N6OS2/c14-5-9-10(4-8-2-1-3-21-8)17-13(18-12(9)20)22-6-11-15-7-16-19-11/h1-3,7H,4,6H2,(H,15,16,19)(H,17,18,20). The Morgan fingerprint density at radius 2 is 2.36 bits per heavy atom. The Balaban J connectivity index is 1.87. The van der Waals surface area contributed by atoms with E-state index in [0.717, 1.165) is 4.88 Å². The first-order valence-electron chi connectivity index (χ1n) is 6.29. The van der Waals surface area contributed by atoms with Crippen LogP contribution in [0.4, 0.5) is 0 Å². The number of thiophene rings is 1. The van der Waals surface area contributed by atoms with Crippen LogP contribution in [0, 0.1) is 11.3 Å². The lowest BCUT2D eigenvalue weighted by molar-refractivity contribution is 0.872. The van der Waals surface area contributed by atoms with Gasteiger partial charge in [0.15, 0.2) is 5.16 Å². The van der Waals surface area contributed by atoms with Gasteiger partial charge in [-0.3, -0.25) is 9.89 Å². The zero-order valence-electron chi connectivity index (χ0n) is 11.2. The molecule has 0 aliphatic rings. The average molecular weight is 330 g/mol. The first-order chi connectivity index (χ1) is 10.8. The SMILES string of the molecule is N#Cc1c(Cc2cccs2)nc(SCc2ncn[nH]2)[nH]c1=O. The summed E-state index contributed by atoms with van der Waals surface area (Å²) in [6.07, 6.45) is 1.90. The number of hydrogen-bond donors (Lipinski definition) is 2. The molecule has 0 radical (unpaired) electrons. The third-order valence-electron chi connectivity index (χ3n) is 2.82. The fourth-order valence-corrected chi connectivity index (χ4v) is 3.29. The van der Waals surface area contributed by atoms with E-state index in [1.807, 2.05) is 23.6 Å². The van der Waals surface area contributed by atoms with E-state index in [4.69, 9.17) is 5.26 Å². The fourth-order valence-electron chi connectivity index (χ4n) is 1.82. The number of nitriles is 1. The van der Waals surface area contributed by atoms with Crippen molar-refractivity contribution in [3.8, 4) is 6.07 Å². The molecule has 0 amide bonds. The highest BCUT2D eigenvalue weighted by Gasteiger charge is 2.13. The minimum Gasteiger partial charge on any atom is -0.300 e. The van der Waals surface area contributed by atoms with Gasteiger partial charge >= 0.3 is 0 Å². The molecule has 0 aromatic carbocycles. The molecule has 3 aromatic heterocycles. The quantitative estimate of drug-likeness (QED) is 0.544. The van der Waals surface area contributed by atoms with Gasteiger partial charge in [-0.1, -0.05) is 17.8 Å². The van der Waals surface area contributed by atoms with Crippen LogP contribution in [0.5, 0.6) is 0 Å². The summed E-state index contributed by atoms with van der Waals surface area (Å²) < 4.78 is 0. The molecule has 0 aliphatic heterocycles. The maximum atomic E-state index is 12.0. The zero-order chi connectivity index (χ0) is 15.4. The topological polar surface area (TPSA) is 111 Å². The Bertz CT molecular complexity index is 848. The van der Waals surface area contributed by atoms with E-state index in [1.165, 1.54) is 18.1 Å². The molecular weight excluding hydrogens is 320 g/mol. The van der Waals surface area contributed by atoms with Crippen molar-refractivity contribution in [1.29, 1.82) is 5.26 Å². The van der Waals surface area contributed by atoms with Crippen molar-refractivity contribution in [1.82, 2.24) is 25.1 Å². The number of nitrogens with zero attached hydrogens (tertiary/aromatic N) is 4. The van der Waals surface area contributed by atoms with Crippen molar-refractivity contribution in [2.24, 2.45) is 0 Å². The summed E-state index contributed by atoms with van der Waals surface area (Å²) in [5.41, 5.74) is 0.148. The van der Waals surface area contributed by atoms with Crippen LogP contribution < -0.4 is 5.56 Å². The third-order valence-corrected chi connectivity index (χ3v) is 4.58. The van der Waals surface area contributed by atoms with Crippen molar-refractivity contribution < 1.29 is 0 Å². The number of rotatable bonds is 5. The largest absolute Gasteiger partial charge is 0.300 e. The molecule has 3 rings (SSSR count). The molecule has 110 valence electrons. The fraction of sp³-hybridized carbons (Fsp3) is 0.154. The second kappa shape index (κ2) is 6.55. The molecule has 0 unspecified atom stereocenters. The van der Waals surface area contributed by atoms with Gasteiger partial charge in [0.05, 0.1) is 11.4 Å². The van der Waals surface area contributed by atoms with E-state index in [9.17, 15) is 4.79 Å². The number of H-pyrrole nitrogens is 2. The summed E-state index contributed by atoms with van der Waals surface area (Å²) >= 11 is 2.90. The summed E-state index contributed by atoms with van der Waals surface area (Å²) in [4.78, 5) is 24.1. The Morgan fingerprint density at radius 3 is 3.05 bits per heavy atom. The Morgan fingerprint density at radius 1 is 1.45 bits per heavy atom. The molecule has 7 nitrogen and oxygen atoms in total. The minimum atomic E-state index is -0.413. The van der Waals surface area contributed by atoms with Crippen molar-refractivity contribution in [3.63, 3.8) is 0 Å². The Labute approximate surface area is 133 Å². The predicted molar refractivity (Wildman–Crippen MR) is 82.6 cm³/mol. The number of nitrogens with one attached hydrogen (secondary N) is 2. The van der Waals surface area contributed by atoms with Crippen LogP contribution in [-0.4, -0.2) is 25.1 Å². The Kier molecular flexibility index (Phi) is 4.32. The van der Waals surface area contributed by atoms with Gasteiger partial charge in [0, 0.05) is 11.3 Å². The average Bonchev–Trinajstić information content (AvgIpc) is 3.18. The molecule has 3 aromatic rings. The molecule has 0 aliphatic carbocycles. The van der Waals surface area contributed by atoms with Crippen molar-refractivity contribution in [2.45, 2.75) is 17.3 Å². The number of aromatic nitrogens is 5. The van der Waals surface area contributed by atoms with E-state index in [1.54, 1.807) is 11.3 Å². The molecule has 0 saturated carbocycles. The molecule has 0 fully saturated rings. The lowest BCUT2D eigenvalue weighted by Crippen LogP contribution is -2.16. The lowest BCUT2D eigenvalue weighted by atomic mass is 10.2. The van der Waals surface area contributed by atoms with Crippen LogP contribution >= 0.6 is 23.1 Å². The molecule has 0 bridgehead atoms. The van der Waals surface area contributed by atoms with E-state index in [-0.39, 0.29) is 5.56 Å². The van der Waals surface area contributed by atoms with Gasteiger partial charge in [0.25, 0.3) is 5.56 Å². The van der Waals surface area contributed by atoms with Crippen LogP contribution in [0.2, 0.25) is 0 Å². The zero-order valence-corrected chi connectivity index (χ0v) is 12.9. The monoisotopic (exact) mass is 330 g/mol. The van der Waals surface area contributed by atoms with Gasteiger partial charge in [0.2, 0.25) is 0 Å². The summed E-state index contributed by atoms with van der Waals surface area (Å²) in [7, 11) is 0. The van der Waals surface area contributed by atoms with Crippen LogP contribution in [0.3, 0.4) is 0 Å².